The summed E-state index contributed by atoms with van der Waals surface area (Å²) in [5.74, 6) is -0.545. The predicted molar refractivity (Wildman–Crippen MR) is 56.2 cm³/mol. The van der Waals surface area contributed by atoms with Crippen molar-refractivity contribution in [1.82, 2.24) is 9.78 Å². The molecule has 6 nitrogen and oxygen atoms in total. The average Bonchev–Trinajstić information content (AvgIpc) is 2.83. The second-order valence-corrected chi connectivity index (χ2v) is 3.33. The minimum absolute atomic E-state index is 0.0528. The Labute approximate surface area is 91.5 Å². The van der Waals surface area contributed by atoms with Gasteiger partial charge in [0, 0.05) is 13.2 Å². The van der Waals surface area contributed by atoms with Crippen LogP contribution in [0, 0.1) is 0 Å². The number of carboxylic acids is 1. The van der Waals surface area contributed by atoms with Gasteiger partial charge in [-0.05, 0) is 12.1 Å². The van der Waals surface area contributed by atoms with Crippen molar-refractivity contribution in [3.8, 4) is 0 Å². The lowest BCUT2D eigenvalue weighted by Crippen LogP contribution is -1.97. The lowest BCUT2D eigenvalue weighted by molar-refractivity contribution is 0.0660. The molecule has 0 unspecified atom stereocenters. The van der Waals surface area contributed by atoms with Crippen molar-refractivity contribution in [3.63, 3.8) is 0 Å². The summed E-state index contributed by atoms with van der Waals surface area (Å²) >= 11 is 0. The third-order valence-corrected chi connectivity index (χ3v) is 2.04. The molecule has 0 bridgehead atoms. The van der Waals surface area contributed by atoms with Gasteiger partial charge in [-0.2, -0.15) is 5.10 Å². The normalized spacial score (nSPS) is 10.3. The Morgan fingerprint density at radius 3 is 3.00 bits per heavy atom. The Balaban J connectivity index is 1.97. The summed E-state index contributed by atoms with van der Waals surface area (Å²) in [7, 11) is 1.82. The molecule has 0 aliphatic heterocycles. The van der Waals surface area contributed by atoms with Gasteiger partial charge in [-0.25, -0.2) is 4.79 Å². The smallest absolute Gasteiger partial charge is 0.371 e. The van der Waals surface area contributed by atoms with Gasteiger partial charge >= 0.3 is 5.97 Å². The van der Waals surface area contributed by atoms with E-state index in [1.54, 1.807) is 16.9 Å². The van der Waals surface area contributed by atoms with E-state index in [0.717, 1.165) is 5.69 Å². The maximum Gasteiger partial charge on any atom is 0.371 e. The van der Waals surface area contributed by atoms with Gasteiger partial charge in [0.05, 0.1) is 18.4 Å². The zero-order chi connectivity index (χ0) is 11.5. The fraction of sp³-hybridized carbons (Fsp3) is 0.200. The van der Waals surface area contributed by atoms with Crippen LogP contribution in [0.25, 0.3) is 0 Å². The number of aromatic nitrogens is 2. The molecule has 0 aromatic carbocycles. The molecule has 0 radical (unpaired) electrons. The first-order valence-electron chi connectivity index (χ1n) is 4.69. The van der Waals surface area contributed by atoms with Crippen LogP contribution in [0.4, 0.5) is 5.69 Å². The number of aryl methyl sites for hydroxylation is 1. The van der Waals surface area contributed by atoms with Crippen LogP contribution in [0.2, 0.25) is 0 Å². The number of nitrogens with zero attached hydrogens (tertiary/aromatic N) is 2. The van der Waals surface area contributed by atoms with Crippen molar-refractivity contribution >= 4 is 11.7 Å². The van der Waals surface area contributed by atoms with Gasteiger partial charge in [0.15, 0.2) is 0 Å². The Morgan fingerprint density at radius 2 is 2.44 bits per heavy atom. The van der Waals surface area contributed by atoms with Gasteiger partial charge in [0.2, 0.25) is 5.76 Å². The third-order valence-electron chi connectivity index (χ3n) is 2.04. The summed E-state index contributed by atoms with van der Waals surface area (Å²) in [6, 6.07) is 3.06. The van der Waals surface area contributed by atoms with Gasteiger partial charge in [0.25, 0.3) is 0 Å². The average molecular weight is 221 g/mol. The SMILES string of the molecule is Cn1cc(NCc2ccc(C(=O)O)o2)cn1. The molecule has 0 aliphatic carbocycles. The van der Waals surface area contributed by atoms with E-state index in [1.807, 2.05) is 13.2 Å². The minimum Gasteiger partial charge on any atom is -0.475 e. The fourth-order valence-electron chi connectivity index (χ4n) is 1.29. The Bertz CT molecular complexity index is 501. The van der Waals surface area contributed by atoms with E-state index in [0.29, 0.717) is 12.3 Å². The summed E-state index contributed by atoms with van der Waals surface area (Å²) < 4.78 is 6.76. The highest BCUT2D eigenvalue weighted by atomic mass is 16.4. The standard InChI is InChI=1S/C10H11N3O3/c1-13-6-7(4-12-13)11-5-8-2-3-9(16-8)10(14)15/h2-4,6,11H,5H2,1H3,(H,14,15). The molecular formula is C10H11N3O3. The van der Waals surface area contributed by atoms with E-state index in [-0.39, 0.29) is 5.76 Å². The summed E-state index contributed by atoms with van der Waals surface area (Å²) in [5.41, 5.74) is 0.857. The molecule has 84 valence electrons. The number of furan rings is 1. The summed E-state index contributed by atoms with van der Waals surface area (Å²) in [6.45, 7) is 0.430. The van der Waals surface area contributed by atoms with Gasteiger partial charge < -0.3 is 14.8 Å². The highest BCUT2D eigenvalue weighted by Gasteiger charge is 2.08. The Morgan fingerprint density at radius 1 is 1.62 bits per heavy atom. The van der Waals surface area contributed by atoms with Crippen molar-refractivity contribution in [3.05, 3.63) is 36.0 Å². The Hall–Kier alpha value is -2.24. The number of hydrogen-bond donors (Lipinski definition) is 2. The predicted octanol–water partition coefficient (Wildman–Crippen LogP) is 1.32. The number of hydrogen-bond acceptors (Lipinski definition) is 4. The van der Waals surface area contributed by atoms with Gasteiger partial charge in [-0.3, -0.25) is 4.68 Å². The lowest BCUT2D eigenvalue weighted by atomic mass is 10.4. The van der Waals surface area contributed by atoms with Crippen LogP contribution in [-0.4, -0.2) is 20.9 Å². The first-order valence-corrected chi connectivity index (χ1v) is 4.69. The van der Waals surface area contributed by atoms with Crippen LogP contribution < -0.4 is 5.32 Å². The van der Waals surface area contributed by atoms with Crippen molar-refractivity contribution in [1.29, 1.82) is 0 Å². The van der Waals surface area contributed by atoms with Crippen LogP contribution in [0.3, 0.4) is 0 Å². The lowest BCUT2D eigenvalue weighted by Gasteiger charge is -1.99. The van der Waals surface area contributed by atoms with Crippen LogP contribution in [0.5, 0.6) is 0 Å². The monoisotopic (exact) mass is 221 g/mol. The van der Waals surface area contributed by atoms with E-state index in [2.05, 4.69) is 10.4 Å². The van der Waals surface area contributed by atoms with Crippen LogP contribution in [0.15, 0.2) is 28.9 Å². The molecule has 0 aliphatic rings. The molecule has 0 atom stereocenters. The van der Waals surface area contributed by atoms with E-state index < -0.39 is 5.97 Å². The molecule has 16 heavy (non-hydrogen) atoms. The quantitative estimate of drug-likeness (QED) is 0.813. The first kappa shape index (κ1) is 10.3. The van der Waals surface area contributed by atoms with E-state index >= 15 is 0 Å². The molecule has 0 saturated heterocycles. The molecule has 2 heterocycles. The highest BCUT2D eigenvalue weighted by molar-refractivity contribution is 5.84. The van der Waals surface area contributed by atoms with Gasteiger partial charge in [0.1, 0.15) is 5.76 Å². The van der Waals surface area contributed by atoms with Crippen molar-refractivity contribution in [2.45, 2.75) is 6.54 Å². The number of carboxylic acid groups (broad SMARTS) is 1. The molecule has 2 N–H and O–H groups in total. The second-order valence-electron chi connectivity index (χ2n) is 3.33. The molecule has 2 aromatic rings. The number of aromatic carboxylic acids is 1. The highest BCUT2D eigenvalue weighted by Crippen LogP contribution is 2.11. The van der Waals surface area contributed by atoms with E-state index in [9.17, 15) is 4.79 Å². The molecule has 2 rings (SSSR count). The zero-order valence-electron chi connectivity index (χ0n) is 8.67. The zero-order valence-corrected chi connectivity index (χ0v) is 8.67. The molecule has 0 spiro atoms. The number of rotatable bonds is 4. The third kappa shape index (κ3) is 2.22. The summed E-state index contributed by atoms with van der Waals surface area (Å²) in [5, 5.41) is 15.7. The summed E-state index contributed by atoms with van der Waals surface area (Å²) in [4.78, 5) is 10.6. The minimum atomic E-state index is -1.06. The van der Waals surface area contributed by atoms with Crippen molar-refractivity contribution in [2.24, 2.45) is 7.05 Å². The topological polar surface area (TPSA) is 80.3 Å². The first-order chi connectivity index (χ1) is 7.65. The van der Waals surface area contributed by atoms with Crippen LogP contribution in [-0.2, 0) is 13.6 Å². The molecular weight excluding hydrogens is 210 g/mol. The summed E-state index contributed by atoms with van der Waals surface area (Å²) in [6.07, 6.45) is 3.50. The molecule has 0 fully saturated rings. The number of nitrogens with one attached hydrogen (secondary N) is 1. The second kappa shape index (κ2) is 4.09. The van der Waals surface area contributed by atoms with E-state index in [4.69, 9.17) is 9.52 Å². The van der Waals surface area contributed by atoms with Crippen molar-refractivity contribution in [2.75, 3.05) is 5.32 Å². The van der Waals surface area contributed by atoms with Gasteiger partial charge in [-0.1, -0.05) is 0 Å². The molecule has 0 saturated carbocycles. The number of carbonyl (C=O) groups is 1. The maximum atomic E-state index is 10.6. The molecule has 6 heteroatoms. The fourth-order valence-corrected chi connectivity index (χ4v) is 1.29. The van der Waals surface area contributed by atoms with Gasteiger partial charge in [-0.15, -0.1) is 0 Å². The van der Waals surface area contributed by atoms with Crippen molar-refractivity contribution < 1.29 is 14.3 Å². The van der Waals surface area contributed by atoms with Crippen LogP contribution in [0.1, 0.15) is 16.3 Å². The molecule has 2 aromatic heterocycles. The maximum absolute atomic E-state index is 10.6. The largest absolute Gasteiger partial charge is 0.475 e. The Kier molecular flexibility index (Phi) is 2.63. The van der Waals surface area contributed by atoms with E-state index in [1.165, 1.54) is 6.07 Å². The molecule has 0 amide bonds. The van der Waals surface area contributed by atoms with Crippen LogP contribution >= 0.6 is 0 Å². The number of anilines is 1.